The summed E-state index contributed by atoms with van der Waals surface area (Å²) in [6.07, 6.45) is 3.93. The Balaban J connectivity index is 1.43. The van der Waals surface area contributed by atoms with Gasteiger partial charge in [-0.2, -0.15) is 5.10 Å². The van der Waals surface area contributed by atoms with Crippen LogP contribution in [-0.2, 0) is 13.0 Å². The van der Waals surface area contributed by atoms with Gasteiger partial charge in [0, 0.05) is 42.9 Å². The normalized spacial score (nSPS) is 20.6. The minimum Gasteiger partial charge on any atom is -0.382 e. The van der Waals surface area contributed by atoms with E-state index < -0.39 is 17.9 Å². The highest BCUT2D eigenvalue weighted by atomic mass is 19.3. The molecule has 4 heterocycles. The Morgan fingerprint density at radius 2 is 2.06 bits per heavy atom. The fourth-order valence-electron chi connectivity index (χ4n) is 4.65. The van der Waals surface area contributed by atoms with Gasteiger partial charge in [-0.25, -0.2) is 18.7 Å². The number of aromatic nitrogens is 4. The maximum Gasteiger partial charge on any atom is 0.274 e. The number of carbonyl (C=O) groups is 1. The quantitative estimate of drug-likeness (QED) is 0.544. The van der Waals surface area contributed by atoms with Gasteiger partial charge in [-0.15, -0.1) is 0 Å². The van der Waals surface area contributed by atoms with Gasteiger partial charge in [0.2, 0.25) is 0 Å². The molecule has 34 heavy (non-hydrogen) atoms. The van der Waals surface area contributed by atoms with Gasteiger partial charge in [0.05, 0.1) is 18.1 Å². The summed E-state index contributed by atoms with van der Waals surface area (Å²) in [4.78, 5) is 21.3. The average molecular weight is 468 g/mol. The van der Waals surface area contributed by atoms with Crippen molar-refractivity contribution in [2.75, 3.05) is 18.8 Å². The number of nitrogens with zero attached hydrogens (tertiary/aromatic N) is 4. The first-order valence-electron chi connectivity index (χ1n) is 11.3. The summed E-state index contributed by atoms with van der Waals surface area (Å²) in [5, 5.41) is 9.78. The molecule has 1 atom stereocenters. The number of amides is 1. The van der Waals surface area contributed by atoms with E-state index >= 15 is 0 Å². The lowest BCUT2D eigenvalue weighted by Crippen LogP contribution is -2.57. The lowest BCUT2D eigenvalue weighted by molar-refractivity contribution is -0.0543. The molecule has 2 aliphatic rings. The number of anilines is 1. The van der Waals surface area contributed by atoms with E-state index in [9.17, 15) is 13.6 Å². The number of benzene rings is 1. The average Bonchev–Trinajstić information content (AvgIpc) is 3.30. The predicted molar refractivity (Wildman–Crippen MR) is 124 cm³/mol. The van der Waals surface area contributed by atoms with Crippen LogP contribution >= 0.6 is 0 Å². The smallest absolute Gasteiger partial charge is 0.274 e. The molecule has 4 N–H and O–H groups in total. The Hall–Kier alpha value is -3.40. The van der Waals surface area contributed by atoms with Crippen molar-refractivity contribution in [1.29, 1.82) is 0 Å². The molecule has 1 aromatic carbocycles. The third-order valence-corrected chi connectivity index (χ3v) is 6.46. The van der Waals surface area contributed by atoms with E-state index in [4.69, 9.17) is 5.73 Å². The SMILES string of the molecule is CC1(C)Cc2c(-c3cccc(-c4cnc(N)c(C(=O)NC5CNCCC5(F)F)n4)c3)cnn2C1. The zero-order valence-electron chi connectivity index (χ0n) is 19.1. The first-order chi connectivity index (χ1) is 16.1. The van der Waals surface area contributed by atoms with Crippen molar-refractivity contribution in [1.82, 2.24) is 30.4 Å². The molecule has 1 unspecified atom stereocenters. The number of nitrogen functional groups attached to an aromatic ring is 1. The van der Waals surface area contributed by atoms with E-state index in [0.29, 0.717) is 5.69 Å². The number of fused-ring (bicyclic) bond motifs is 1. The van der Waals surface area contributed by atoms with Gasteiger partial charge in [0.25, 0.3) is 11.8 Å². The molecule has 2 aromatic heterocycles. The van der Waals surface area contributed by atoms with E-state index in [-0.39, 0.29) is 36.4 Å². The van der Waals surface area contributed by atoms with Crippen LogP contribution in [0.5, 0.6) is 0 Å². The molecule has 8 nitrogen and oxygen atoms in total. The van der Waals surface area contributed by atoms with Crippen molar-refractivity contribution in [3.05, 3.63) is 48.0 Å². The third-order valence-electron chi connectivity index (χ3n) is 6.46. The second-order valence-electron chi connectivity index (χ2n) is 9.81. The molecule has 178 valence electrons. The van der Waals surface area contributed by atoms with Gasteiger partial charge in [-0.05, 0) is 23.5 Å². The predicted octanol–water partition coefficient (Wildman–Crippen LogP) is 2.90. The molecule has 5 rings (SSSR count). The van der Waals surface area contributed by atoms with Crippen molar-refractivity contribution in [3.8, 4) is 22.4 Å². The molecule has 1 fully saturated rings. The number of rotatable bonds is 4. The van der Waals surface area contributed by atoms with Gasteiger partial charge < -0.3 is 16.4 Å². The molecule has 0 spiro atoms. The van der Waals surface area contributed by atoms with Gasteiger partial charge in [-0.3, -0.25) is 9.48 Å². The topological polar surface area (TPSA) is 111 Å². The van der Waals surface area contributed by atoms with E-state index in [2.05, 4.69) is 39.5 Å². The van der Waals surface area contributed by atoms with Crippen LogP contribution in [0.2, 0.25) is 0 Å². The number of nitrogens with two attached hydrogens (primary N) is 1. The molecule has 10 heteroatoms. The molecule has 0 saturated carbocycles. The Morgan fingerprint density at radius 3 is 2.85 bits per heavy atom. The molecule has 3 aromatic rings. The third kappa shape index (κ3) is 4.13. The van der Waals surface area contributed by atoms with Crippen LogP contribution in [0.15, 0.2) is 36.7 Å². The standard InChI is InChI=1S/C24H27F2N7O/c1-23(2)9-18-16(10-30-33(18)13-23)14-4-3-5-15(8-14)17-11-29-21(27)20(31-17)22(34)32-19-12-28-7-6-24(19,25)26/h3-5,8,10-11,19,28H,6-7,9,12-13H2,1-2H3,(H2,27,29)(H,32,34). The van der Waals surface area contributed by atoms with E-state index in [1.54, 1.807) is 0 Å². The highest BCUT2D eigenvalue weighted by Gasteiger charge is 2.42. The van der Waals surface area contributed by atoms with Gasteiger partial charge in [0.1, 0.15) is 6.04 Å². The Bertz CT molecular complexity index is 1250. The summed E-state index contributed by atoms with van der Waals surface area (Å²) >= 11 is 0. The molecule has 1 amide bonds. The number of hydrogen-bond donors (Lipinski definition) is 3. The molecule has 1 saturated heterocycles. The molecule has 2 aliphatic heterocycles. The molecule has 0 bridgehead atoms. The number of hydrogen-bond acceptors (Lipinski definition) is 6. The highest BCUT2D eigenvalue weighted by Crippen LogP contribution is 2.37. The summed E-state index contributed by atoms with van der Waals surface area (Å²) in [5.41, 5.74) is 10.3. The minimum absolute atomic E-state index is 0.0272. The van der Waals surface area contributed by atoms with E-state index in [1.807, 2.05) is 35.1 Å². The van der Waals surface area contributed by atoms with Crippen LogP contribution in [0.25, 0.3) is 22.4 Å². The van der Waals surface area contributed by atoms with Crippen LogP contribution in [0.3, 0.4) is 0 Å². The van der Waals surface area contributed by atoms with Gasteiger partial charge in [-0.1, -0.05) is 32.0 Å². The zero-order chi connectivity index (χ0) is 24.1. The fourth-order valence-corrected chi connectivity index (χ4v) is 4.65. The summed E-state index contributed by atoms with van der Waals surface area (Å²) in [5.74, 6) is -3.88. The Morgan fingerprint density at radius 1 is 1.26 bits per heavy atom. The Kier molecular flexibility index (Phi) is 5.35. The summed E-state index contributed by atoms with van der Waals surface area (Å²) in [7, 11) is 0. The van der Waals surface area contributed by atoms with Crippen molar-refractivity contribution < 1.29 is 13.6 Å². The number of carbonyl (C=O) groups excluding carboxylic acids is 1. The summed E-state index contributed by atoms with van der Waals surface area (Å²) in [6, 6.07) is 6.39. The van der Waals surface area contributed by atoms with Crippen molar-refractivity contribution in [2.45, 2.75) is 45.2 Å². The van der Waals surface area contributed by atoms with E-state index in [1.165, 1.54) is 11.9 Å². The Labute approximate surface area is 196 Å². The number of nitrogens with one attached hydrogen (secondary N) is 2. The van der Waals surface area contributed by atoms with Gasteiger partial charge >= 0.3 is 0 Å². The molecule has 0 radical (unpaired) electrons. The molecular weight excluding hydrogens is 440 g/mol. The second kappa shape index (κ2) is 8.12. The number of halogens is 2. The lowest BCUT2D eigenvalue weighted by atomic mass is 9.89. The molecular formula is C24H27F2N7O. The highest BCUT2D eigenvalue weighted by molar-refractivity contribution is 5.97. The van der Waals surface area contributed by atoms with Crippen LogP contribution < -0.4 is 16.4 Å². The van der Waals surface area contributed by atoms with Crippen LogP contribution in [0, 0.1) is 5.41 Å². The van der Waals surface area contributed by atoms with Crippen LogP contribution in [-0.4, -0.2) is 50.7 Å². The number of alkyl halides is 2. The maximum absolute atomic E-state index is 14.2. The zero-order valence-corrected chi connectivity index (χ0v) is 19.1. The minimum atomic E-state index is -3.00. The van der Waals surface area contributed by atoms with Crippen molar-refractivity contribution in [3.63, 3.8) is 0 Å². The van der Waals surface area contributed by atoms with Crippen LogP contribution in [0.4, 0.5) is 14.6 Å². The lowest BCUT2D eigenvalue weighted by Gasteiger charge is -2.32. The first kappa shape index (κ1) is 22.4. The van der Waals surface area contributed by atoms with Crippen molar-refractivity contribution in [2.24, 2.45) is 5.41 Å². The number of piperidine rings is 1. The first-order valence-corrected chi connectivity index (χ1v) is 11.3. The summed E-state index contributed by atoms with van der Waals surface area (Å²) in [6.45, 7) is 5.49. The van der Waals surface area contributed by atoms with Crippen LogP contribution in [0.1, 0.15) is 36.5 Å². The van der Waals surface area contributed by atoms with Gasteiger partial charge in [0.15, 0.2) is 11.5 Å². The monoisotopic (exact) mass is 467 g/mol. The largest absolute Gasteiger partial charge is 0.382 e. The molecule has 0 aliphatic carbocycles. The second-order valence-corrected chi connectivity index (χ2v) is 9.81. The maximum atomic E-state index is 14.2. The van der Waals surface area contributed by atoms with E-state index in [0.717, 1.165) is 29.7 Å². The summed E-state index contributed by atoms with van der Waals surface area (Å²) < 4.78 is 30.4. The fraction of sp³-hybridized carbons (Fsp3) is 0.417. The van der Waals surface area contributed by atoms with Crippen molar-refractivity contribution >= 4 is 11.7 Å².